The van der Waals surface area contributed by atoms with E-state index < -0.39 is 0 Å². The van der Waals surface area contributed by atoms with Crippen molar-refractivity contribution in [1.29, 1.82) is 0 Å². The number of carbonyl (C=O) groups excluding carboxylic acids is 1. The van der Waals surface area contributed by atoms with Crippen molar-refractivity contribution in [3.8, 4) is 5.75 Å². The third-order valence-corrected chi connectivity index (χ3v) is 2.74. The molecule has 0 saturated carbocycles. The number of aromatic hydroxyl groups is 1. The van der Waals surface area contributed by atoms with Crippen LogP contribution in [0, 0.1) is 13.8 Å². The molecule has 2 aromatic carbocycles. The van der Waals surface area contributed by atoms with E-state index in [0.717, 1.165) is 16.8 Å². The zero-order valence-electron chi connectivity index (χ0n) is 10.4. The largest absolute Gasteiger partial charge is 0.508 e. The molecule has 2 rings (SSSR count). The third-order valence-electron chi connectivity index (χ3n) is 2.74. The molecule has 0 fully saturated rings. The molecule has 0 aliphatic carbocycles. The summed E-state index contributed by atoms with van der Waals surface area (Å²) in [4.78, 5) is 12.0. The van der Waals surface area contributed by atoms with Crippen LogP contribution in [0.2, 0.25) is 0 Å². The number of carbonyl (C=O) groups is 1. The molecule has 3 heteroatoms. The van der Waals surface area contributed by atoms with Crippen molar-refractivity contribution in [3.63, 3.8) is 0 Å². The maximum absolute atomic E-state index is 12.0. The zero-order chi connectivity index (χ0) is 13.1. The van der Waals surface area contributed by atoms with E-state index in [-0.39, 0.29) is 11.7 Å². The molecule has 3 nitrogen and oxygen atoms in total. The smallest absolute Gasteiger partial charge is 0.255 e. The van der Waals surface area contributed by atoms with Gasteiger partial charge in [0.15, 0.2) is 0 Å². The lowest BCUT2D eigenvalue weighted by Gasteiger charge is -2.09. The summed E-state index contributed by atoms with van der Waals surface area (Å²) >= 11 is 0. The Hall–Kier alpha value is -2.29. The molecule has 0 bridgehead atoms. The van der Waals surface area contributed by atoms with Gasteiger partial charge in [-0.2, -0.15) is 0 Å². The highest BCUT2D eigenvalue weighted by Crippen LogP contribution is 2.18. The maximum atomic E-state index is 12.0. The van der Waals surface area contributed by atoms with E-state index in [4.69, 9.17) is 0 Å². The fraction of sp³-hybridized carbons (Fsp3) is 0.133. The molecule has 92 valence electrons. The molecule has 0 aliphatic rings. The summed E-state index contributed by atoms with van der Waals surface area (Å²) in [5, 5.41) is 12.2. The average Bonchev–Trinajstić information content (AvgIpc) is 2.32. The van der Waals surface area contributed by atoms with E-state index in [2.05, 4.69) is 5.32 Å². The van der Waals surface area contributed by atoms with Gasteiger partial charge in [0.2, 0.25) is 0 Å². The minimum atomic E-state index is -0.224. The Kier molecular flexibility index (Phi) is 3.33. The van der Waals surface area contributed by atoms with Crippen LogP contribution < -0.4 is 5.32 Å². The predicted octanol–water partition coefficient (Wildman–Crippen LogP) is 3.26. The van der Waals surface area contributed by atoms with Crippen molar-refractivity contribution in [1.82, 2.24) is 0 Å². The first kappa shape index (κ1) is 12.2. The molecule has 0 radical (unpaired) electrons. The SMILES string of the molecule is Cc1ccc(NC(=O)c2cccc(O)c2)c(C)c1. The van der Waals surface area contributed by atoms with Gasteiger partial charge < -0.3 is 10.4 Å². The van der Waals surface area contributed by atoms with Gasteiger partial charge in [-0.1, -0.05) is 23.8 Å². The van der Waals surface area contributed by atoms with Crippen molar-refractivity contribution in [3.05, 3.63) is 59.2 Å². The Labute approximate surface area is 106 Å². The van der Waals surface area contributed by atoms with Crippen LogP contribution in [0.1, 0.15) is 21.5 Å². The number of rotatable bonds is 2. The Morgan fingerprint density at radius 1 is 1.11 bits per heavy atom. The van der Waals surface area contributed by atoms with Gasteiger partial charge >= 0.3 is 0 Å². The van der Waals surface area contributed by atoms with Crippen molar-refractivity contribution in [2.75, 3.05) is 5.32 Å². The topological polar surface area (TPSA) is 49.3 Å². The highest BCUT2D eigenvalue weighted by Gasteiger charge is 2.08. The Bertz CT molecular complexity index is 591. The first-order valence-corrected chi connectivity index (χ1v) is 5.74. The highest BCUT2D eigenvalue weighted by atomic mass is 16.3. The minimum Gasteiger partial charge on any atom is -0.508 e. The molecular formula is C15H15NO2. The van der Waals surface area contributed by atoms with E-state index in [0.29, 0.717) is 5.56 Å². The first-order valence-electron chi connectivity index (χ1n) is 5.74. The van der Waals surface area contributed by atoms with Crippen LogP contribution in [-0.2, 0) is 0 Å². The molecule has 0 aliphatic heterocycles. The van der Waals surface area contributed by atoms with Crippen LogP contribution >= 0.6 is 0 Å². The van der Waals surface area contributed by atoms with Gasteiger partial charge in [0.25, 0.3) is 5.91 Å². The molecule has 0 saturated heterocycles. The quantitative estimate of drug-likeness (QED) is 0.847. The molecule has 0 heterocycles. The fourth-order valence-corrected chi connectivity index (χ4v) is 1.80. The first-order chi connectivity index (χ1) is 8.56. The Morgan fingerprint density at radius 3 is 2.56 bits per heavy atom. The van der Waals surface area contributed by atoms with Gasteiger partial charge in [-0.3, -0.25) is 4.79 Å². The lowest BCUT2D eigenvalue weighted by atomic mass is 10.1. The molecular weight excluding hydrogens is 226 g/mol. The van der Waals surface area contributed by atoms with E-state index >= 15 is 0 Å². The molecule has 2 N–H and O–H groups in total. The molecule has 18 heavy (non-hydrogen) atoms. The number of hydrogen-bond acceptors (Lipinski definition) is 2. The summed E-state index contributed by atoms with van der Waals surface area (Å²) in [6.45, 7) is 3.96. The number of anilines is 1. The van der Waals surface area contributed by atoms with Crippen molar-refractivity contribution >= 4 is 11.6 Å². The van der Waals surface area contributed by atoms with E-state index in [1.165, 1.54) is 12.1 Å². The lowest BCUT2D eigenvalue weighted by molar-refractivity contribution is 0.102. The second-order valence-corrected chi connectivity index (χ2v) is 4.32. The van der Waals surface area contributed by atoms with Crippen molar-refractivity contribution in [2.24, 2.45) is 0 Å². The number of aryl methyl sites for hydroxylation is 2. The molecule has 0 spiro atoms. The van der Waals surface area contributed by atoms with Crippen LogP contribution in [0.3, 0.4) is 0 Å². The number of phenolic OH excluding ortho intramolecular Hbond substituents is 1. The molecule has 0 unspecified atom stereocenters. The normalized spacial score (nSPS) is 10.1. The van der Waals surface area contributed by atoms with Crippen LogP contribution in [0.25, 0.3) is 0 Å². The zero-order valence-corrected chi connectivity index (χ0v) is 10.4. The van der Waals surface area contributed by atoms with E-state index in [9.17, 15) is 9.90 Å². The Morgan fingerprint density at radius 2 is 1.89 bits per heavy atom. The summed E-state index contributed by atoms with van der Waals surface area (Å²) in [5.74, 6) is -0.138. The van der Waals surface area contributed by atoms with Crippen LogP contribution in [0.5, 0.6) is 5.75 Å². The van der Waals surface area contributed by atoms with Gasteiger partial charge in [0.05, 0.1) is 0 Å². The van der Waals surface area contributed by atoms with Crippen LogP contribution in [-0.4, -0.2) is 11.0 Å². The van der Waals surface area contributed by atoms with E-state index in [1.54, 1.807) is 12.1 Å². The number of amides is 1. The van der Waals surface area contributed by atoms with Gasteiger partial charge in [-0.15, -0.1) is 0 Å². The van der Waals surface area contributed by atoms with Crippen molar-refractivity contribution in [2.45, 2.75) is 13.8 Å². The summed E-state index contributed by atoms with van der Waals surface area (Å²) in [7, 11) is 0. The fourth-order valence-electron chi connectivity index (χ4n) is 1.80. The summed E-state index contributed by atoms with van der Waals surface area (Å²) in [6, 6.07) is 12.1. The van der Waals surface area contributed by atoms with Gasteiger partial charge in [0, 0.05) is 11.3 Å². The predicted molar refractivity (Wildman–Crippen MR) is 72.0 cm³/mol. The van der Waals surface area contributed by atoms with E-state index in [1.807, 2.05) is 32.0 Å². The minimum absolute atomic E-state index is 0.0864. The number of nitrogens with one attached hydrogen (secondary N) is 1. The lowest BCUT2D eigenvalue weighted by Crippen LogP contribution is -2.12. The maximum Gasteiger partial charge on any atom is 0.255 e. The Balaban J connectivity index is 2.21. The average molecular weight is 241 g/mol. The monoisotopic (exact) mass is 241 g/mol. The second-order valence-electron chi connectivity index (χ2n) is 4.32. The van der Waals surface area contributed by atoms with Crippen LogP contribution in [0.15, 0.2) is 42.5 Å². The van der Waals surface area contributed by atoms with Gasteiger partial charge in [-0.25, -0.2) is 0 Å². The molecule has 1 amide bonds. The summed E-state index contributed by atoms with van der Waals surface area (Å²) in [5.41, 5.74) is 3.40. The molecule has 0 atom stereocenters. The number of hydrogen-bond donors (Lipinski definition) is 2. The summed E-state index contributed by atoms with van der Waals surface area (Å²) in [6.07, 6.45) is 0. The van der Waals surface area contributed by atoms with Crippen molar-refractivity contribution < 1.29 is 9.90 Å². The highest BCUT2D eigenvalue weighted by molar-refractivity contribution is 6.04. The molecule has 0 aromatic heterocycles. The van der Waals surface area contributed by atoms with Gasteiger partial charge in [0.1, 0.15) is 5.75 Å². The number of phenols is 1. The number of benzene rings is 2. The second kappa shape index (κ2) is 4.92. The van der Waals surface area contributed by atoms with Crippen LogP contribution in [0.4, 0.5) is 5.69 Å². The van der Waals surface area contributed by atoms with Gasteiger partial charge in [-0.05, 0) is 43.7 Å². The summed E-state index contributed by atoms with van der Waals surface area (Å²) < 4.78 is 0. The third kappa shape index (κ3) is 2.69. The standard InChI is InChI=1S/C15H15NO2/c1-10-6-7-14(11(2)8-10)16-15(18)12-4-3-5-13(17)9-12/h3-9,17H,1-2H3,(H,16,18). The molecule has 2 aromatic rings.